The van der Waals surface area contributed by atoms with Gasteiger partial charge in [0.25, 0.3) is 10.0 Å². The van der Waals surface area contributed by atoms with Crippen LogP contribution in [0.15, 0.2) is 65.6 Å². The molecule has 1 heterocycles. The maximum absolute atomic E-state index is 12.6. The summed E-state index contributed by atoms with van der Waals surface area (Å²) < 4.78 is 27.5. The second-order valence-electron chi connectivity index (χ2n) is 5.06. The number of anilines is 1. The minimum Gasteiger partial charge on any atom is -0.477 e. The van der Waals surface area contributed by atoms with E-state index in [1.165, 1.54) is 18.2 Å². The Balaban J connectivity index is 2.04. The lowest BCUT2D eigenvalue weighted by molar-refractivity contribution is 0.0703. The molecular formula is C17H12ClNO4S2. The van der Waals surface area contributed by atoms with Crippen LogP contribution < -0.4 is 4.72 Å². The van der Waals surface area contributed by atoms with Gasteiger partial charge in [0.15, 0.2) is 0 Å². The molecule has 3 rings (SSSR count). The average Bonchev–Trinajstić information content (AvgIpc) is 2.99. The fourth-order valence-corrected chi connectivity index (χ4v) is 4.84. The molecule has 0 unspecified atom stereocenters. The average molecular weight is 394 g/mol. The van der Waals surface area contributed by atoms with Crippen LogP contribution in [0.3, 0.4) is 0 Å². The predicted octanol–water partition coefficient (Wildman–Crippen LogP) is 4.57. The van der Waals surface area contributed by atoms with Crippen LogP contribution in [0.2, 0.25) is 5.02 Å². The lowest BCUT2D eigenvalue weighted by Crippen LogP contribution is -2.14. The molecule has 3 aromatic rings. The van der Waals surface area contributed by atoms with Crippen molar-refractivity contribution in [2.75, 3.05) is 4.72 Å². The molecule has 0 aliphatic heterocycles. The summed E-state index contributed by atoms with van der Waals surface area (Å²) in [6, 6.07) is 16.6. The van der Waals surface area contributed by atoms with Crippen LogP contribution in [0.5, 0.6) is 0 Å². The van der Waals surface area contributed by atoms with Gasteiger partial charge in [-0.15, -0.1) is 11.3 Å². The minimum atomic E-state index is -4.01. The number of rotatable bonds is 5. The molecule has 25 heavy (non-hydrogen) atoms. The second kappa shape index (κ2) is 6.87. The van der Waals surface area contributed by atoms with Crippen molar-refractivity contribution >= 4 is 44.6 Å². The van der Waals surface area contributed by atoms with E-state index in [1.54, 1.807) is 12.1 Å². The number of sulfonamides is 1. The van der Waals surface area contributed by atoms with E-state index in [-0.39, 0.29) is 20.5 Å². The quantitative estimate of drug-likeness (QED) is 0.665. The molecule has 5 nitrogen and oxygen atoms in total. The maximum atomic E-state index is 12.6. The fraction of sp³-hybridized carbons (Fsp3) is 0. The summed E-state index contributed by atoms with van der Waals surface area (Å²) in [5, 5.41) is 9.46. The third-order valence-electron chi connectivity index (χ3n) is 3.36. The van der Waals surface area contributed by atoms with Crippen LogP contribution in [0.4, 0.5) is 5.69 Å². The van der Waals surface area contributed by atoms with Gasteiger partial charge >= 0.3 is 5.97 Å². The highest BCUT2D eigenvalue weighted by molar-refractivity contribution is 7.92. The zero-order valence-corrected chi connectivity index (χ0v) is 15.0. The SMILES string of the molecule is O=C(O)c1sc(-c2ccccc2)cc1NS(=O)(=O)c1ccccc1Cl. The van der Waals surface area contributed by atoms with Crippen molar-refractivity contribution in [3.63, 3.8) is 0 Å². The molecule has 0 saturated heterocycles. The van der Waals surface area contributed by atoms with E-state index in [0.29, 0.717) is 4.88 Å². The van der Waals surface area contributed by atoms with E-state index in [2.05, 4.69) is 4.72 Å². The molecule has 8 heteroatoms. The summed E-state index contributed by atoms with van der Waals surface area (Å²) in [6.45, 7) is 0. The number of nitrogens with one attached hydrogen (secondary N) is 1. The third kappa shape index (κ3) is 3.68. The van der Waals surface area contributed by atoms with Crippen LogP contribution in [-0.2, 0) is 10.0 Å². The van der Waals surface area contributed by atoms with Gasteiger partial charge in [0.1, 0.15) is 9.77 Å². The molecule has 1 aromatic heterocycles. The molecule has 128 valence electrons. The van der Waals surface area contributed by atoms with Crippen molar-refractivity contribution in [1.82, 2.24) is 0 Å². The van der Waals surface area contributed by atoms with Gasteiger partial charge in [-0.1, -0.05) is 54.1 Å². The molecule has 2 N–H and O–H groups in total. The third-order valence-corrected chi connectivity index (χ3v) is 6.39. The van der Waals surface area contributed by atoms with E-state index in [9.17, 15) is 18.3 Å². The van der Waals surface area contributed by atoms with Crippen LogP contribution in [0.1, 0.15) is 9.67 Å². The first-order valence-corrected chi connectivity index (χ1v) is 9.76. The number of hydrogen-bond donors (Lipinski definition) is 2. The molecule has 0 aliphatic carbocycles. The Kier molecular flexibility index (Phi) is 4.80. The standard InChI is InChI=1S/C17H12ClNO4S2/c18-12-8-4-5-9-15(12)25(22,23)19-13-10-14(24-16(13)17(20)21)11-6-2-1-3-7-11/h1-10,19H,(H,20,21). The molecule has 0 aliphatic rings. The Morgan fingerprint density at radius 3 is 2.32 bits per heavy atom. The Labute approximate surface area is 153 Å². The van der Waals surface area contributed by atoms with Crippen molar-refractivity contribution in [3.8, 4) is 10.4 Å². The summed E-state index contributed by atoms with van der Waals surface area (Å²) in [7, 11) is -4.01. The Morgan fingerprint density at radius 2 is 1.68 bits per heavy atom. The van der Waals surface area contributed by atoms with Crippen LogP contribution in [-0.4, -0.2) is 19.5 Å². The Bertz CT molecular complexity index is 1030. The predicted molar refractivity (Wildman–Crippen MR) is 99.0 cm³/mol. The second-order valence-corrected chi connectivity index (χ2v) is 8.17. The highest BCUT2D eigenvalue weighted by Crippen LogP contribution is 2.36. The van der Waals surface area contributed by atoms with Crippen molar-refractivity contribution in [2.45, 2.75) is 4.90 Å². The lowest BCUT2D eigenvalue weighted by Gasteiger charge is -2.08. The number of halogens is 1. The van der Waals surface area contributed by atoms with Crippen molar-refractivity contribution in [3.05, 3.63) is 70.6 Å². The molecule has 0 spiro atoms. The van der Waals surface area contributed by atoms with E-state index in [4.69, 9.17) is 11.6 Å². The van der Waals surface area contributed by atoms with E-state index in [0.717, 1.165) is 16.9 Å². The summed E-state index contributed by atoms with van der Waals surface area (Å²) >= 11 is 6.95. The zero-order chi connectivity index (χ0) is 18.0. The van der Waals surface area contributed by atoms with Gasteiger partial charge < -0.3 is 5.11 Å². The fourth-order valence-electron chi connectivity index (χ4n) is 2.23. The van der Waals surface area contributed by atoms with Gasteiger partial charge in [-0.2, -0.15) is 0 Å². The number of carbonyl (C=O) groups is 1. The molecule has 0 amide bonds. The van der Waals surface area contributed by atoms with E-state index in [1.807, 2.05) is 30.3 Å². The van der Waals surface area contributed by atoms with Gasteiger partial charge in [0, 0.05) is 4.88 Å². The normalized spacial score (nSPS) is 11.2. The highest BCUT2D eigenvalue weighted by atomic mass is 35.5. The van der Waals surface area contributed by atoms with Gasteiger partial charge in [-0.25, -0.2) is 13.2 Å². The summed E-state index contributed by atoms with van der Waals surface area (Å²) in [6.07, 6.45) is 0. The Morgan fingerprint density at radius 1 is 1.04 bits per heavy atom. The molecule has 0 bridgehead atoms. The van der Waals surface area contributed by atoms with Crippen molar-refractivity contribution in [2.24, 2.45) is 0 Å². The molecule has 2 aromatic carbocycles. The summed E-state index contributed by atoms with van der Waals surface area (Å²) in [4.78, 5) is 12.0. The van der Waals surface area contributed by atoms with Crippen molar-refractivity contribution < 1.29 is 18.3 Å². The smallest absolute Gasteiger partial charge is 0.348 e. The number of aromatic carboxylic acids is 1. The molecular weight excluding hydrogens is 382 g/mol. The summed E-state index contributed by atoms with van der Waals surface area (Å²) in [5.74, 6) is -1.20. The molecule has 0 radical (unpaired) electrons. The van der Waals surface area contributed by atoms with Crippen LogP contribution >= 0.6 is 22.9 Å². The largest absolute Gasteiger partial charge is 0.477 e. The molecule has 0 atom stereocenters. The topological polar surface area (TPSA) is 83.5 Å². The molecule has 0 saturated carbocycles. The monoisotopic (exact) mass is 393 g/mol. The lowest BCUT2D eigenvalue weighted by atomic mass is 10.2. The first kappa shape index (κ1) is 17.5. The van der Waals surface area contributed by atoms with Crippen LogP contribution in [0.25, 0.3) is 10.4 Å². The van der Waals surface area contributed by atoms with Gasteiger partial charge in [0.05, 0.1) is 10.7 Å². The molecule has 0 fully saturated rings. The number of benzene rings is 2. The van der Waals surface area contributed by atoms with Gasteiger partial charge in [-0.3, -0.25) is 4.72 Å². The summed E-state index contributed by atoms with van der Waals surface area (Å²) in [5.41, 5.74) is 0.814. The highest BCUT2D eigenvalue weighted by Gasteiger charge is 2.23. The minimum absolute atomic E-state index is 0.0104. The van der Waals surface area contributed by atoms with E-state index >= 15 is 0 Å². The van der Waals surface area contributed by atoms with Crippen molar-refractivity contribution in [1.29, 1.82) is 0 Å². The Hall–Kier alpha value is -2.35. The maximum Gasteiger partial charge on any atom is 0.348 e. The van der Waals surface area contributed by atoms with Crippen LogP contribution in [0, 0.1) is 0 Å². The van der Waals surface area contributed by atoms with Gasteiger partial charge in [0.2, 0.25) is 0 Å². The van der Waals surface area contributed by atoms with E-state index < -0.39 is 16.0 Å². The first-order valence-electron chi connectivity index (χ1n) is 7.08. The number of carboxylic acids is 1. The number of thiophene rings is 1. The number of carboxylic acid groups (broad SMARTS) is 1. The zero-order valence-electron chi connectivity index (χ0n) is 12.6. The van der Waals surface area contributed by atoms with Gasteiger partial charge in [-0.05, 0) is 23.8 Å². The number of hydrogen-bond acceptors (Lipinski definition) is 4. The first-order chi connectivity index (χ1) is 11.9.